The monoisotopic (exact) mass is 461 g/mol. The lowest BCUT2D eigenvalue weighted by molar-refractivity contribution is -0.109. The molecule has 34 heavy (non-hydrogen) atoms. The highest BCUT2D eigenvalue weighted by Gasteiger charge is 2.25. The van der Waals surface area contributed by atoms with Crippen molar-refractivity contribution in [3.05, 3.63) is 77.4 Å². The van der Waals surface area contributed by atoms with E-state index in [0.717, 1.165) is 51.7 Å². The van der Waals surface area contributed by atoms with Crippen LogP contribution in [0.25, 0.3) is 0 Å². The first-order valence-corrected chi connectivity index (χ1v) is 12.9. The fraction of sp³-hybridized carbons (Fsp3) is 0.500. The van der Waals surface area contributed by atoms with E-state index in [2.05, 4.69) is 91.2 Å². The molecular formula is C30H43N3O. The van der Waals surface area contributed by atoms with Crippen LogP contribution in [0.4, 0.5) is 5.69 Å². The molecular weight excluding hydrogens is 418 g/mol. The number of nitrogens with two attached hydrogens (primary N) is 1. The Morgan fingerprint density at radius 1 is 1.03 bits per heavy atom. The fourth-order valence-electron chi connectivity index (χ4n) is 4.98. The minimum atomic E-state index is -0.331. The summed E-state index contributed by atoms with van der Waals surface area (Å²) in [5.41, 5.74) is 11.3. The molecule has 1 aliphatic rings. The Morgan fingerprint density at radius 2 is 1.65 bits per heavy atom. The minimum absolute atomic E-state index is 0.331. The number of nitrogens with zero attached hydrogens (tertiary/aromatic N) is 2. The molecule has 0 amide bonds. The largest absolute Gasteiger partial charge is 0.365 e. The van der Waals surface area contributed by atoms with E-state index in [9.17, 15) is 4.79 Å². The van der Waals surface area contributed by atoms with E-state index in [4.69, 9.17) is 5.73 Å². The Hall–Kier alpha value is -2.43. The average molecular weight is 462 g/mol. The van der Waals surface area contributed by atoms with Crippen LogP contribution < -0.4 is 10.6 Å². The summed E-state index contributed by atoms with van der Waals surface area (Å²) in [4.78, 5) is 16.0. The SMILES string of the molecule is CC(C)=CCN(c1ccc(CCc2ccccc2)cc1)C1CCN(CC(C)CC(N)C=O)CC1. The first kappa shape index (κ1) is 26.2. The Balaban J connectivity index is 1.58. The number of anilines is 1. The van der Waals surface area contributed by atoms with Gasteiger partial charge >= 0.3 is 0 Å². The highest BCUT2D eigenvalue weighted by atomic mass is 16.1. The predicted molar refractivity (Wildman–Crippen MR) is 144 cm³/mol. The summed E-state index contributed by atoms with van der Waals surface area (Å²) < 4.78 is 0. The van der Waals surface area contributed by atoms with E-state index < -0.39 is 0 Å². The summed E-state index contributed by atoms with van der Waals surface area (Å²) >= 11 is 0. The van der Waals surface area contributed by atoms with Crippen LogP contribution in [-0.4, -0.2) is 49.4 Å². The number of rotatable bonds is 12. The average Bonchev–Trinajstić information content (AvgIpc) is 2.85. The number of carbonyl (C=O) groups excluding carboxylic acids is 1. The van der Waals surface area contributed by atoms with Crippen molar-refractivity contribution < 1.29 is 4.79 Å². The van der Waals surface area contributed by atoms with Crippen molar-refractivity contribution in [3.63, 3.8) is 0 Å². The minimum Gasteiger partial charge on any atom is -0.365 e. The first-order valence-electron chi connectivity index (χ1n) is 12.9. The molecule has 0 spiro atoms. The van der Waals surface area contributed by atoms with Crippen LogP contribution in [0.1, 0.15) is 51.2 Å². The molecule has 2 aromatic carbocycles. The molecule has 1 fully saturated rings. The van der Waals surface area contributed by atoms with E-state index in [1.807, 2.05) is 0 Å². The van der Waals surface area contributed by atoms with Crippen molar-refractivity contribution in [1.29, 1.82) is 0 Å². The maximum absolute atomic E-state index is 10.9. The molecule has 1 heterocycles. The zero-order chi connectivity index (χ0) is 24.3. The van der Waals surface area contributed by atoms with Crippen LogP contribution >= 0.6 is 0 Å². The molecule has 1 aliphatic heterocycles. The van der Waals surface area contributed by atoms with Gasteiger partial charge in [0, 0.05) is 37.9 Å². The van der Waals surface area contributed by atoms with Crippen LogP contribution in [0.2, 0.25) is 0 Å². The molecule has 0 radical (unpaired) electrons. The molecule has 2 unspecified atom stereocenters. The molecule has 2 atom stereocenters. The number of aldehydes is 1. The fourth-order valence-corrected chi connectivity index (χ4v) is 4.98. The lowest BCUT2D eigenvalue weighted by atomic mass is 9.98. The van der Waals surface area contributed by atoms with Gasteiger partial charge in [-0.2, -0.15) is 0 Å². The molecule has 4 nitrogen and oxygen atoms in total. The molecule has 2 aromatic rings. The van der Waals surface area contributed by atoms with Crippen molar-refractivity contribution >= 4 is 12.0 Å². The van der Waals surface area contributed by atoms with E-state index >= 15 is 0 Å². The number of likely N-dealkylation sites (tertiary alicyclic amines) is 1. The van der Waals surface area contributed by atoms with Gasteiger partial charge in [0.2, 0.25) is 0 Å². The van der Waals surface area contributed by atoms with Crippen LogP contribution in [0.15, 0.2) is 66.2 Å². The Kier molecular flexibility index (Phi) is 10.4. The lowest BCUT2D eigenvalue weighted by Crippen LogP contribution is -2.46. The van der Waals surface area contributed by atoms with Gasteiger partial charge in [-0.3, -0.25) is 0 Å². The van der Waals surface area contributed by atoms with Crippen LogP contribution in [0.3, 0.4) is 0 Å². The normalized spacial score (nSPS) is 16.6. The Bertz CT molecular complexity index is 881. The standard InChI is InChI=1S/C30H43N3O/c1-24(2)15-20-33(30-16-18-32(19-17-30)22-25(3)21-28(31)23-34)29-13-11-27(12-14-29)10-9-26-7-5-4-6-8-26/h4-8,11-15,23,25,28,30H,9-10,16-22,31H2,1-3H3. The number of piperidine rings is 1. The number of hydrogen-bond acceptors (Lipinski definition) is 4. The van der Waals surface area contributed by atoms with Gasteiger partial charge in [-0.1, -0.05) is 61.0 Å². The quantitative estimate of drug-likeness (QED) is 0.346. The molecule has 1 saturated heterocycles. The van der Waals surface area contributed by atoms with E-state index in [-0.39, 0.29) is 6.04 Å². The van der Waals surface area contributed by atoms with Crippen molar-refractivity contribution in [2.45, 2.75) is 65.0 Å². The van der Waals surface area contributed by atoms with Crippen molar-refractivity contribution in [2.75, 3.05) is 31.1 Å². The Morgan fingerprint density at radius 3 is 2.24 bits per heavy atom. The maximum Gasteiger partial charge on any atom is 0.136 e. The van der Waals surface area contributed by atoms with Gasteiger partial charge in [0.15, 0.2) is 0 Å². The van der Waals surface area contributed by atoms with Gasteiger partial charge in [-0.15, -0.1) is 0 Å². The van der Waals surface area contributed by atoms with Crippen LogP contribution in [0.5, 0.6) is 0 Å². The summed E-state index contributed by atoms with van der Waals surface area (Å²) in [5.74, 6) is 0.446. The summed E-state index contributed by atoms with van der Waals surface area (Å²) in [6.45, 7) is 10.8. The van der Waals surface area contributed by atoms with Gasteiger partial charge in [0.05, 0.1) is 6.04 Å². The second-order valence-electron chi connectivity index (χ2n) is 10.3. The summed E-state index contributed by atoms with van der Waals surface area (Å²) in [5, 5.41) is 0. The number of carbonyl (C=O) groups is 1. The van der Waals surface area contributed by atoms with E-state index in [1.165, 1.54) is 35.2 Å². The van der Waals surface area contributed by atoms with Gasteiger partial charge in [0.1, 0.15) is 6.29 Å². The van der Waals surface area contributed by atoms with Crippen molar-refractivity contribution in [2.24, 2.45) is 11.7 Å². The molecule has 3 rings (SSSR count). The van der Waals surface area contributed by atoms with Gasteiger partial charge < -0.3 is 20.3 Å². The Labute approximate surface area is 206 Å². The third kappa shape index (κ3) is 8.41. The number of hydrogen-bond donors (Lipinski definition) is 1. The summed E-state index contributed by atoms with van der Waals surface area (Å²) in [6, 6.07) is 20.2. The molecule has 0 aromatic heterocycles. The van der Waals surface area contributed by atoms with E-state index in [0.29, 0.717) is 12.0 Å². The number of benzene rings is 2. The van der Waals surface area contributed by atoms with Crippen molar-refractivity contribution in [3.8, 4) is 0 Å². The molecule has 2 N–H and O–H groups in total. The lowest BCUT2D eigenvalue weighted by Gasteiger charge is -2.40. The number of aryl methyl sites for hydroxylation is 2. The third-order valence-electron chi connectivity index (χ3n) is 6.93. The highest BCUT2D eigenvalue weighted by molar-refractivity contribution is 5.56. The first-order chi connectivity index (χ1) is 16.4. The molecule has 4 heteroatoms. The van der Waals surface area contributed by atoms with Gasteiger partial charge in [-0.05, 0) is 75.1 Å². The maximum atomic E-state index is 10.9. The second-order valence-corrected chi connectivity index (χ2v) is 10.3. The van der Waals surface area contributed by atoms with Gasteiger partial charge in [-0.25, -0.2) is 0 Å². The van der Waals surface area contributed by atoms with Crippen LogP contribution in [-0.2, 0) is 17.6 Å². The number of allylic oxidation sites excluding steroid dienone is 1. The molecule has 184 valence electrons. The topological polar surface area (TPSA) is 49.6 Å². The van der Waals surface area contributed by atoms with Crippen LogP contribution in [0, 0.1) is 5.92 Å². The highest BCUT2D eigenvalue weighted by Crippen LogP contribution is 2.25. The summed E-state index contributed by atoms with van der Waals surface area (Å²) in [6.07, 6.45) is 8.47. The molecule has 0 aliphatic carbocycles. The smallest absolute Gasteiger partial charge is 0.136 e. The zero-order valence-electron chi connectivity index (χ0n) is 21.3. The molecule has 0 saturated carbocycles. The zero-order valence-corrected chi connectivity index (χ0v) is 21.3. The predicted octanol–water partition coefficient (Wildman–Crippen LogP) is 5.26. The second kappa shape index (κ2) is 13.5. The van der Waals surface area contributed by atoms with E-state index in [1.54, 1.807) is 0 Å². The summed E-state index contributed by atoms with van der Waals surface area (Å²) in [7, 11) is 0. The molecule has 0 bridgehead atoms. The third-order valence-corrected chi connectivity index (χ3v) is 6.93. The van der Waals surface area contributed by atoms with Gasteiger partial charge in [0.25, 0.3) is 0 Å². The van der Waals surface area contributed by atoms with Crippen molar-refractivity contribution in [1.82, 2.24) is 4.90 Å².